The molecule has 6 atom stereocenters. The maximum absolute atomic E-state index is 12.8. The monoisotopic (exact) mass is 373 g/mol. The summed E-state index contributed by atoms with van der Waals surface area (Å²) in [5.41, 5.74) is 0. The van der Waals surface area contributed by atoms with Gasteiger partial charge in [-0.25, -0.2) is 4.79 Å². The predicted molar refractivity (Wildman–Crippen MR) is 86.9 cm³/mol. The molecule has 0 aromatic carbocycles. The van der Waals surface area contributed by atoms with Gasteiger partial charge in [0.1, 0.15) is 24.4 Å². The number of nitrogens with one attached hydrogen (secondary N) is 1. The van der Waals surface area contributed by atoms with Crippen LogP contribution in [-0.4, -0.2) is 65.3 Å². The second-order valence-corrected chi connectivity index (χ2v) is 8.16. The fourth-order valence-corrected chi connectivity index (χ4v) is 3.57. The van der Waals surface area contributed by atoms with Crippen LogP contribution in [0.2, 0.25) is 0 Å². The minimum Gasteiger partial charge on any atom is -0.480 e. The molecular weight excluding hydrogens is 346 g/mol. The lowest BCUT2D eigenvalue weighted by Gasteiger charge is -2.37. The number of carboxylic acids is 1. The number of hydrogen-bond donors (Lipinski definition) is 2. The van der Waals surface area contributed by atoms with Crippen LogP contribution in [0, 0.1) is 5.92 Å². The summed E-state index contributed by atoms with van der Waals surface area (Å²) in [6.45, 7) is 10.4. The first kappa shape index (κ1) is 19.5. The molecule has 0 radical (unpaired) electrons. The summed E-state index contributed by atoms with van der Waals surface area (Å²) in [6.07, 6.45) is -3.71. The smallest absolute Gasteiger partial charge is 0.326 e. The molecule has 0 aromatic rings. The van der Waals surface area contributed by atoms with Crippen molar-refractivity contribution >= 4 is 11.9 Å². The van der Waals surface area contributed by atoms with Crippen LogP contribution in [0.3, 0.4) is 0 Å². The quantitative estimate of drug-likeness (QED) is 0.737. The first-order valence-corrected chi connectivity index (χ1v) is 8.80. The van der Waals surface area contributed by atoms with E-state index in [0.717, 1.165) is 0 Å². The Morgan fingerprint density at radius 3 is 2.04 bits per heavy atom. The summed E-state index contributed by atoms with van der Waals surface area (Å²) in [4.78, 5) is 24.2. The Kier molecular flexibility index (Phi) is 4.81. The van der Waals surface area contributed by atoms with Crippen LogP contribution in [-0.2, 0) is 33.3 Å². The van der Waals surface area contributed by atoms with Crippen molar-refractivity contribution in [3.8, 4) is 0 Å². The van der Waals surface area contributed by atoms with Crippen molar-refractivity contribution in [2.45, 2.75) is 89.9 Å². The van der Waals surface area contributed by atoms with Gasteiger partial charge in [-0.2, -0.15) is 0 Å². The third kappa shape index (κ3) is 3.59. The number of carbonyl (C=O) groups is 2. The van der Waals surface area contributed by atoms with Crippen LogP contribution >= 0.6 is 0 Å². The van der Waals surface area contributed by atoms with Crippen molar-refractivity contribution in [2.24, 2.45) is 5.92 Å². The molecule has 3 rings (SSSR count). The number of fused-ring (bicyclic) bond motifs is 3. The first-order valence-electron chi connectivity index (χ1n) is 8.80. The molecule has 26 heavy (non-hydrogen) atoms. The predicted octanol–water partition coefficient (Wildman–Crippen LogP) is 0.608. The first-order chi connectivity index (χ1) is 11.9. The number of carbonyl (C=O) groups excluding carboxylic acids is 1. The zero-order valence-corrected chi connectivity index (χ0v) is 15.8. The van der Waals surface area contributed by atoms with E-state index in [-0.39, 0.29) is 5.92 Å². The Morgan fingerprint density at radius 2 is 1.46 bits per heavy atom. The largest absolute Gasteiger partial charge is 0.480 e. The van der Waals surface area contributed by atoms with Crippen molar-refractivity contribution in [1.29, 1.82) is 0 Å². The maximum Gasteiger partial charge on any atom is 0.326 e. The van der Waals surface area contributed by atoms with Gasteiger partial charge in [-0.1, -0.05) is 13.8 Å². The minimum absolute atomic E-state index is 0.286. The second kappa shape index (κ2) is 6.42. The van der Waals surface area contributed by atoms with Gasteiger partial charge in [-0.05, 0) is 33.6 Å². The van der Waals surface area contributed by atoms with Gasteiger partial charge in [0, 0.05) is 0 Å². The van der Waals surface area contributed by atoms with Crippen LogP contribution < -0.4 is 5.32 Å². The van der Waals surface area contributed by atoms with E-state index in [0.29, 0.717) is 0 Å². The van der Waals surface area contributed by atoms with E-state index in [1.807, 2.05) is 0 Å². The molecule has 3 heterocycles. The van der Waals surface area contributed by atoms with Crippen molar-refractivity contribution in [3.05, 3.63) is 0 Å². The Morgan fingerprint density at radius 1 is 0.923 bits per heavy atom. The third-order valence-electron chi connectivity index (χ3n) is 4.64. The Balaban J connectivity index is 1.82. The van der Waals surface area contributed by atoms with Gasteiger partial charge in [0.2, 0.25) is 0 Å². The Labute approximate surface area is 152 Å². The average molecular weight is 373 g/mol. The SMILES string of the molecule is CC(C)[C@@H](NC(=O)[C@H]1O[C@H]2OC(C)(C)O[C@@H]2[C@H]2OC(C)(C)O[C@@H]21)C(=O)O. The lowest BCUT2D eigenvalue weighted by molar-refractivity contribution is -0.231. The van der Waals surface area contributed by atoms with Gasteiger partial charge in [0.25, 0.3) is 5.91 Å². The molecule has 0 spiro atoms. The molecule has 3 aliphatic heterocycles. The van der Waals surface area contributed by atoms with E-state index >= 15 is 0 Å². The zero-order chi connectivity index (χ0) is 19.4. The Hall–Kier alpha value is -1.26. The molecule has 148 valence electrons. The summed E-state index contributed by atoms with van der Waals surface area (Å²) in [7, 11) is 0. The number of ether oxygens (including phenoxy) is 5. The summed E-state index contributed by atoms with van der Waals surface area (Å²) in [6, 6.07) is -1.03. The molecule has 3 fully saturated rings. The number of carboxylic acid groups (broad SMARTS) is 1. The van der Waals surface area contributed by atoms with Crippen molar-refractivity contribution < 1.29 is 38.4 Å². The summed E-state index contributed by atoms with van der Waals surface area (Å²) >= 11 is 0. The van der Waals surface area contributed by atoms with Gasteiger partial charge in [0.15, 0.2) is 24.0 Å². The Bertz CT molecular complexity index is 589. The van der Waals surface area contributed by atoms with E-state index < -0.39 is 60.2 Å². The van der Waals surface area contributed by atoms with Gasteiger partial charge >= 0.3 is 5.97 Å². The van der Waals surface area contributed by atoms with E-state index in [1.165, 1.54) is 0 Å². The molecule has 3 saturated heterocycles. The molecule has 3 aliphatic rings. The van der Waals surface area contributed by atoms with Gasteiger partial charge < -0.3 is 34.1 Å². The number of amides is 1. The van der Waals surface area contributed by atoms with E-state index in [9.17, 15) is 14.7 Å². The fourth-order valence-electron chi connectivity index (χ4n) is 3.57. The molecule has 9 heteroatoms. The van der Waals surface area contributed by atoms with E-state index in [1.54, 1.807) is 41.5 Å². The van der Waals surface area contributed by atoms with Gasteiger partial charge in [-0.3, -0.25) is 4.79 Å². The van der Waals surface area contributed by atoms with Crippen molar-refractivity contribution in [1.82, 2.24) is 5.32 Å². The maximum atomic E-state index is 12.8. The molecular formula is C17H27NO8. The van der Waals surface area contributed by atoms with Crippen LogP contribution in [0.15, 0.2) is 0 Å². The van der Waals surface area contributed by atoms with Crippen LogP contribution in [0.4, 0.5) is 0 Å². The standard InChI is InChI=1S/C17H27NO8/c1-7(2)8(14(20)21)18-13(19)11-9-10(24-16(3,4)23-9)12-15(22-11)26-17(5,6)25-12/h7-12,15H,1-6H3,(H,18,19)(H,20,21)/t8-,9+,10+,11+,12-,15+/m1/s1. The van der Waals surface area contributed by atoms with Crippen LogP contribution in [0.25, 0.3) is 0 Å². The zero-order valence-electron chi connectivity index (χ0n) is 15.8. The minimum atomic E-state index is -1.11. The fraction of sp³-hybridized carbons (Fsp3) is 0.882. The molecule has 0 bridgehead atoms. The summed E-state index contributed by atoms with van der Waals surface area (Å²) < 4.78 is 29.2. The molecule has 2 N–H and O–H groups in total. The topological polar surface area (TPSA) is 113 Å². The molecule has 1 amide bonds. The lowest BCUT2D eigenvalue weighted by Crippen LogP contribution is -2.61. The second-order valence-electron chi connectivity index (χ2n) is 8.16. The molecule has 0 aliphatic carbocycles. The van der Waals surface area contributed by atoms with Gasteiger partial charge in [-0.15, -0.1) is 0 Å². The normalized spacial score (nSPS) is 38.5. The van der Waals surface area contributed by atoms with E-state index in [2.05, 4.69) is 5.32 Å². The molecule has 0 aromatic heterocycles. The molecule has 0 saturated carbocycles. The third-order valence-corrected chi connectivity index (χ3v) is 4.64. The summed E-state index contributed by atoms with van der Waals surface area (Å²) in [5.74, 6) is -3.78. The number of aliphatic carboxylic acids is 1. The number of rotatable bonds is 4. The highest BCUT2D eigenvalue weighted by molar-refractivity contribution is 5.87. The number of hydrogen-bond acceptors (Lipinski definition) is 7. The summed E-state index contributed by atoms with van der Waals surface area (Å²) in [5, 5.41) is 11.9. The molecule has 0 unspecified atom stereocenters. The van der Waals surface area contributed by atoms with Crippen LogP contribution in [0.1, 0.15) is 41.5 Å². The highest BCUT2D eigenvalue weighted by Crippen LogP contribution is 2.44. The average Bonchev–Trinajstić information content (AvgIpc) is 2.96. The van der Waals surface area contributed by atoms with Crippen molar-refractivity contribution in [3.63, 3.8) is 0 Å². The van der Waals surface area contributed by atoms with E-state index in [4.69, 9.17) is 23.7 Å². The molecule has 9 nitrogen and oxygen atoms in total. The van der Waals surface area contributed by atoms with Crippen LogP contribution in [0.5, 0.6) is 0 Å². The van der Waals surface area contributed by atoms with Gasteiger partial charge in [0.05, 0.1) is 0 Å². The van der Waals surface area contributed by atoms with Crippen molar-refractivity contribution in [2.75, 3.05) is 0 Å². The highest BCUT2D eigenvalue weighted by Gasteiger charge is 2.62. The lowest BCUT2D eigenvalue weighted by atomic mass is 9.97. The highest BCUT2D eigenvalue weighted by atomic mass is 16.9.